The number of nitrogens with one attached hydrogen (secondary N) is 2. The molecular weight excluding hydrogens is 274 g/mol. The van der Waals surface area contributed by atoms with Crippen molar-refractivity contribution >= 4 is 17.3 Å². The highest BCUT2D eigenvalue weighted by Gasteiger charge is 2.18. The molecule has 2 aromatic carbocycles. The Morgan fingerprint density at radius 1 is 1.19 bits per heavy atom. The molecule has 2 rings (SSSR count). The topological polar surface area (TPSA) is 93.5 Å². The van der Waals surface area contributed by atoms with Crippen molar-refractivity contribution in [1.82, 2.24) is 5.43 Å². The maximum absolute atomic E-state index is 12.0. The number of nitro groups is 1. The molecule has 0 aliphatic carbocycles. The number of ether oxygens (including phenoxy) is 1. The summed E-state index contributed by atoms with van der Waals surface area (Å²) in [6.45, 7) is 0. The summed E-state index contributed by atoms with van der Waals surface area (Å²) in [5.41, 5.74) is 5.79. The lowest BCUT2D eigenvalue weighted by molar-refractivity contribution is -0.385. The van der Waals surface area contributed by atoms with Gasteiger partial charge < -0.3 is 4.74 Å². The van der Waals surface area contributed by atoms with Crippen LogP contribution in [0.25, 0.3) is 0 Å². The monoisotopic (exact) mass is 287 g/mol. The van der Waals surface area contributed by atoms with Crippen LogP contribution in [0, 0.1) is 10.1 Å². The summed E-state index contributed by atoms with van der Waals surface area (Å²) < 4.78 is 4.88. The van der Waals surface area contributed by atoms with Gasteiger partial charge in [0.1, 0.15) is 0 Å². The van der Waals surface area contributed by atoms with E-state index in [9.17, 15) is 14.9 Å². The van der Waals surface area contributed by atoms with Gasteiger partial charge in [0.15, 0.2) is 5.75 Å². The molecule has 0 aliphatic rings. The fourth-order valence-corrected chi connectivity index (χ4v) is 1.70. The Morgan fingerprint density at radius 2 is 1.90 bits per heavy atom. The first-order valence-electron chi connectivity index (χ1n) is 6.05. The molecular formula is C14H13N3O4. The van der Waals surface area contributed by atoms with Gasteiger partial charge in [0.2, 0.25) is 0 Å². The van der Waals surface area contributed by atoms with Gasteiger partial charge in [0.25, 0.3) is 5.91 Å². The van der Waals surface area contributed by atoms with Crippen molar-refractivity contribution in [3.63, 3.8) is 0 Å². The molecule has 0 aliphatic heterocycles. The van der Waals surface area contributed by atoms with Crippen LogP contribution in [0.2, 0.25) is 0 Å². The largest absolute Gasteiger partial charge is 0.490 e. The Balaban J connectivity index is 2.12. The average Bonchev–Trinajstić information content (AvgIpc) is 2.52. The molecule has 0 fully saturated rings. The molecule has 7 heteroatoms. The number of hydrogen-bond donors (Lipinski definition) is 2. The second kappa shape index (κ2) is 6.38. The number of benzene rings is 2. The lowest BCUT2D eigenvalue weighted by Crippen LogP contribution is -2.29. The number of nitrogens with zero attached hydrogens (tertiary/aromatic N) is 1. The zero-order valence-electron chi connectivity index (χ0n) is 11.2. The SMILES string of the molecule is COc1ccc(C(=O)NNc2ccccc2)cc1[N+](=O)[O-]. The minimum atomic E-state index is -0.597. The number of amides is 1. The standard InChI is InChI=1S/C14H13N3O4/c1-21-13-8-7-10(9-12(13)17(19)20)14(18)16-15-11-5-3-2-4-6-11/h2-9,15H,1H3,(H,16,18). The molecule has 0 saturated carbocycles. The first kappa shape index (κ1) is 14.3. The van der Waals surface area contributed by atoms with Gasteiger partial charge in [-0.2, -0.15) is 0 Å². The molecule has 1 amide bonds. The van der Waals surface area contributed by atoms with Crippen molar-refractivity contribution < 1.29 is 14.5 Å². The molecule has 0 aromatic heterocycles. The molecule has 2 aromatic rings. The van der Waals surface area contributed by atoms with Crippen LogP contribution in [0.15, 0.2) is 48.5 Å². The Hall–Kier alpha value is -3.09. The average molecular weight is 287 g/mol. The summed E-state index contributed by atoms with van der Waals surface area (Å²) >= 11 is 0. The molecule has 0 saturated heterocycles. The molecule has 7 nitrogen and oxygen atoms in total. The van der Waals surface area contributed by atoms with Crippen LogP contribution >= 0.6 is 0 Å². The van der Waals surface area contributed by atoms with Crippen LogP contribution in [-0.2, 0) is 0 Å². The van der Waals surface area contributed by atoms with Gasteiger partial charge in [-0.1, -0.05) is 18.2 Å². The number of carbonyl (C=O) groups excluding carboxylic acids is 1. The van der Waals surface area contributed by atoms with Gasteiger partial charge in [0.05, 0.1) is 17.7 Å². The first-order valence-corrected chi connectivity index (χ1v) is 6.05. The molecule has 0 atom stereocenters. The van der Waals surface area contributed by atoms with E-state index in [1.165, 1.54) is 25.3 Å². The summed E-state index contributed by atoms with van der Waals surface area (Å²) in [6.07, 6.45) is 0. The molecule has 0 unspecified atom stereocenters. The fraction of sp³-hybridized carbons (Fsp3) is 0.0714. The number of para-hydroxylation sites is 1. The summed E-state index contributed by atoms with van der Waals surface area (Å²) in [6, 6.07) is 13.0. The van der Waals surface area contributed by atoms with Crippen molar-refractivity contribution in [3.8, 4) is 5.75 Å². The van der Waals surface area contributed by atoms with Crippen LogP contribution in [0.1, 0.15) is 10.4 Å². The number of anilines is 1. The summed E-state index contributed by atoms with van der Waals surface area (Å²) in [7, 11) is 1.33. The fourth-order valence-electron chi connectivity index (χ4n) is 1.70. The summed E-state index contributed by atoms with van der Waals surface area (Å²) in [5, 5.41) is 10.9. The molecule has 0 spiro atoms. The summed E-state index contributed by atoms with van der Waals surface area (Å²) in [4.78, 5) is 22.3. The van der Waals surface area contributed by atoms with Gasteiger partial charge in [-0.25, -0.2) is 0 Å². The quantitative estimate of drug-likeness (QED) is 0.650. The Labute approximate surface area is 120 Å². The predicted octanol–water partition coefficient (Wildman–Crippen LogP) is 2.36. The van der Waals surface area contributed by atoms with E-state index < -0.39 is 10.8 Å². The molecule has 2 N–H and O–H groups in total. The third kappa shape index (κ3) is 3.47. The van der Waals surface area contributed by atoms with E-state index in [4.69, 9.17) is 4.74 Å². The molecule has 0 bridgehead atoms. The maximum atomic E-state index is 12.0. The van der Waals surface area contributed by atoms with Crippen molar-refractivity contribution in [2.24, 2.45) is 0 Å². The van der Waals surface area contributed by atoms with Crippen molar-refractivity contribution in [1.29, 1.82) is 0 Å². The first-order chi connectivity index (χ1) is 10.1. The smallest absolute Gasteiger partial charge is 0.311 e. The molecule has 0 radical (unpaired) electrons. The lowest BCUT2D eigenvalue weighted by Gasteiger charge is -2.09. The van der Waals surface area contributed by atoms with Gasteiger partial charge in [-0.15, -0.1) is 0 Å². The van der Waals surface area contributed by atoms with Gasteiger partial charge in [-0.05, 0) is 24.3 Å². The predicted molar refractivity (Wildman–Crippen MR) is 77.2 cm³/mol. The van der Waals surface area contributed by atoms with Crippen LogP contribution in [-0.4, -0.2) is 17.9 Å². The molecule has 0 heterocycles. The van der Waals surface area contributed by atoms with E-state index in [0.29, 0.717) is 5.69 Å². The second-order valence-corrected chi connectivity index (χ2v) is 4.09. The third-order valence-corrected chi connectivity index (χ3v) is 2.73. The highest BCUT2D eigenvalue weighted by Crippen LogP contribution is 2.27. The lowest BCUT2D eigenvalue weighted by atomic mass is 10.2. The number of hydrazine groups is 1. The van der Waals surface area contributed by atoms with Crippen LogP contribution in [0.4, 0.5) is 11.4 Å². The normalized spacial score (nSPS) is 9.76. The van der Waals surface area contributed by atoms with E-state index in [1.807, 2.05) is 18.2 Å². The maximum Gasteiger partial charge on any atom is 0.311 e. The Kier molecular flexibility index (Phi) is 4.35. The van der Waals surface area contributed by atoms with Crippen molar-refractivity contribution in [2.45, 2.75) is 0 Å². The minimum Gasteiger partial charge on any atom is -0.490 e. The zero-order valence-corrected chi connectivity index (χ0v) is 11.2. The second-order valence-electron chi connectivity index (χ2n) is 4.09. The van der Waals surface area contributed by atoms with Crippen LogP contribution in [0.5, 0.6) is 5.75 Å². The van der Waals surface area contributed by atoms with E-state index in [2.05, 4.69) is 10.9 Å². The van der Waals surface area contributed by atoms with Crippen LogP contribution < -0.4 is 15.6 Å². The summed E-state index contributed by atoms with van der Waals surface area (Å²) in [5.74, 6) is -0.378. The van der Waals surface area contributed by atoms with E-state index in [-0.39, 0.29) is 17.0 Å². The van der Waals surface area contributed by atoms with E-state index in [0.717, 1.165) is 0 Å². The van der Waals surface area contributed by atoms with Gasteiger partial charge in [0, 0.05) is 11.6 Å². The Bertz CT molecular complexity index is 659. The van der Waals surface area contributed by atoms with Gasteiger partial charge in [-0.3, -0.25) is 25.8 Å². The van der Waals surface area contributed by atoms with E-state index in [1.54, 1.807) is 12.1 Å². The molecule has 21 heavy (non-hydrogen) atoms. The molecule has 108 valence electrons. The van der Waals surface area contributed by atoms with Crippen molar-refractivity contribution in [2.75, 3.05) is 12.5 Å². The van der Waals surface area contributed by atoms with Crippen LogP contribution in [0.3, 0.4) is 0 Å². The van der Waals surface area contributed by atoms with E-state index >= 15 is 0 Å². The highest BCUT2D eigenvalue weighted by molar-refractivity contribution is 5.95. The number of hydrogen-bond acceptors (Lipinski definition) is 5. The highest BCUT2D eigenvalue weighted by atomic mass is 16.6. The number of rotatable bonds is 5. The number of nitro benzene ring substituents is 1. The number of carbonyl (C=O) groups is 1. The third-order valence-electron chi connectivity index (χ3n) is 2.73. The van der Waals surface area contributed by atoms with Crippen molar-refractivity contribution in [3.05, 3.63) is 64.2 Å². The minimum absolute atomic E-state index is 0.104. The zero-order chi connectivity index (χ0) is 15.2. The Morgan fingerprint density at radius 3 is 2.52 bits per heavy atom. The number of methoxy groups -OCH3 is 1. The van der Waals surface area contributed by atoms with Gasteiger partial charge >= 0.3 is 5.69 Å².